The second-order valence-electron chi connectivity index (χ2n) is 5.17. The third kappa shape index (κ3) is 2.29. The van der Waals surface area contributed by atoms with Gasteiger partial charge in [-0.05, 0) is 54.9 Å². The third-order valence-electron chi connectivity index (χ3n) is 3.92. The molecule has 1 aliphatic rings. The van der Waals surface area contributed by atoms with Crippen LogP contribution in [-0.4, -0.2) is 13.7 Å². The zero-order valence-electron chi connectivity index (χ0n) is 11.7. The van der Waals surface area contributed by atoms with Crippen molar-refractivity contribution in [3.8, 4) is 16.9 Å². The molecule has 1 unspecified atom stereocenters. The summed E-state index contributed by atoms with van der Waals surface area (Å²) >= 11 is 0. The van der Waals surface area contributed by atoms with Gasteiger partial charge in [-0.15, -0.1) is 0 Å². The Hall–Kier alpha value is -1.87. The van der Waals surface area contributed by atoms with Gasteiger partial charge in [0.05, 0.1) is 6.61 Å². The van der Waals surface area contributed by atoms with E-state index in [0.29, 0.717) is 5.56 Å². The van der Waals surface area contributed by atoms with Crippen LogP contribution in [0.15, 0.2) is 36.4 Å². The average Bonchev–Trinajstić information content (AvgIpc) is 2.94. The van der Waals surface area contributed by atoms with E-state index in [2.05, 4.69) is 12.2 Å². The molecule has 0 spiro atoms. The summed E-state index contributed by atoms with van der Waals surface area (Å²) in [6.07, 6.45) is 0.900. The van der Waals surface area contributed by atoms with Crippen LogP contribution in [0.5, 0.6) is 5.75 Å². The van der Waals surface area contributed by atoms with Crippen molar-refractivity contribution >= 4 is 0 Å². The SMILES string of the molecule is CNC(C)c1ccc(F)c(-c2ccc3c(c2)CCO3)c1. The third-order valence-corrected chi connectivity index (χ3v) is 3.92. The molecule has 20 heavy (non-hydrogen) atoms. The Labute approximate surface area is 118 Å². The predicted molar refractivity (Wildman–Crippen MR) is 78.5 cm³/mol. The van der Waals surface area contributed by atoms with E-state index in [4.69, 9.17) is 4.74 Å². The van der Waals surface area contributed by atoms with Gasteiger partial charge in [0.1, 0.15) is 11.6 Å². The summed E-state index contributed by atoms with van der Waals surface area (Å²) in [4.78, 5) is 0. The maximum Gasteiger partial charge on any atom is 0.131 e. The van der Waals surface area contributed by atoms with Crippen LogP contribution >= 0.6 is 0 Å². The highest BCUT2D eigenvalue weighted by Crippen LogP contribution is 2.32. The molecule has 0 fully saturated rings. The molecule has 3 rings (SSSR count). The van der Waals surface area contributed by atoms with Crippen molar-refractivity contribution in [1.82, 2.24) is 5.32 Å². The summed E-state index contributed by atoms with van der Waals surface area (Å²) in [5.41, 5.74) is 3.81. The van der Waals surface area contributed by atoms with E-state index in [-0.39, 0.29) is 11.9 Å². The summed E-state index contributed by atoms with van der Waals surface area (Å²) in [5.74, 6) is 0.741. The quantitative estimate of drug-likeness (QED) is 0.919. The molecule has 0 saturated heterocycles. The molecule has 0 amide bonds. The van der Waals surface area contributed by atoms with Crippen molar-refractivity contribution in [2.75, 3.05) is 13.7 Å². The fourth-order valence-corrected chi connectivity index (χ4v) is 2.55. The largest absolute Gasteiger partial charge is 0.493 e. The van der Waals surface area contributed by atoms with Gasteiger partial charge in [0.25, 0.3) is 0 Å². The van der Waals surface area contributed by atoms with Gasteiger partial charge in [0.2, 0.25) is 0 Å². The second kappa shape index (κ2) is 5.25. The van der Waals surface area contributed by atoms with Gasteiger partial charge in [0.15, 0.2) is 0 Å². The fourth-order valence-electron chi connectivity index (χ4n) is 2.55. The average molecular weight is 271 g/mol. The van der Waals surface area contributed by atoms with Crippen molar-refractivity contribution in [3.63, 3.8) is 0 Å². The topological polar surface area (TPSA) is 21.3 Å². The highest BCUT2D eigenvalue weighted by Gasteiger charge is 2.15. The standard InChI is InChI=1S/C17H18FNO/c1-11(19-2)12-3-5-16(18)15(10-12)13-4-6-17-14(9-13)7-8-20-17/h3-6,9-11,19H,7-8H2,1-2H3. The van der Waals surface area contributed by atoms with Crippen molar-refractivity contribution < 1.29 is 9.13 Å². The molecule has 104 valence electrons. The number of nitrogens with one attached hydrogen (secondary N) is 1. The number of ether oxygens (including phenoxy) is 1. The lowest BCUT2D eigenvalue weighted by molar-refractivity contribution is 0.357. The summed E-state index contributed by atoms with van der Waals surface area (Å²) in [7, 11) is 1.90. The first-order valence-electron chi connectivity index (χ1n) is 6.92. The Morgan fingerprint density at radius 2 is 2.05 bits per heavy atom. The van der Waals surface area contributed by atoms with Gasteiger partial charge in [-0.3, -0.25) is 0 Å². The number of rotatable bonds is 3. The molecule has 1 N–H and O–H groups in total. The lowest BCUT2D eigenvalue weighted by Gasteiger charge is -2.13. The van der Waals surface area contributed by atoms with E-state index in [0.717, 1.165) is 35.5 Å². The van der Waals surface area contributed by atoms with Crippen LogP contribution in [0.1, 0.15) is 24.1 Å². The Kier molecular flexibility index (Phi) is 3.45. The number of benzene rings is 2. The van der Waals surface area contributed by atoms with Crippen LogP contribution in [0.25, 0.3) is 11.1 Å². The van der Waals surface area contributed by atoms with Crippen LogP contribution in [-0.2, 0) is 6.42 Å². The lowest BCUT2D eigenvalue weighted by Crippen LogP contribution is -2.12. The van der Waals surface area contributed by atoms with Crippen molar-refractivity contribution in [2.45, 2.75) is 19.4 Å². The first-order chi connectivity index (χ1) is 9.69. The highest BCUT2D eigenvalue weighted by atomic mass is 19.1. The summed E-state index contributed by atoms with van der Waals surface area (Å²) in [5, 5.41) is 3.18. The van der Waals surface area contributed by atoms with Crippen molar-refractivity contribution in [2.24, 2.45) is 0 Å². The molecular weight excluding hydrogens is 253 g/mol. The zero-order chi connectivity index (χ0) is 14.1. The van der Waals surface area contributed by atoms with Gasteiger partial charge in [-0.1, -0.05) is 12.1 Å². The number of fused-ring (bicyclic) bond motifs is 1. The Bertz CT molecular complexity index is 639. The number of halogens is 1. The van der Waals surface area contributed by atoms with Crippen LogP contribution in [0.2, 0.25) is 0 Å². The molecule has 0 bridgehead atoms. The van der Waals surface area contributed by atoms with Crippen LogP contribution in [0.3, 0.4) is 0 Å². The van der Waals surface area contributed by atoms with Crippen LogP contribution < -0.4 is 10.1 Å². The van der Waals surface area contributed by atoms with Gasteiger partial charge in [-0.2, -0.15) is 0 Å². The Morgan fingerprint density at radius 1 is 1.20 bits per heavy atom. The Morgan fingerprint density at radius 3 is 2.85 bits per heavy atom. The smallest absolute Gasteiger partial charge is 0.131 e. The fraction of sp³-hybridized carbons (Fsp3) is 0.294. The van der Waals surface area contributed by atoms with Crippen LogP contribution in [0, 0.1) is 5.82 Å². The van der Waals surface area contributed by atoms with Crippen LogP contribution in [0.4, 0.5) is 4.39 Å². The minimum Gasteiger partial charge on any atom is -0.493 e. The second-order valence-corrected chi connectivity index (χ2v) is 5.17. The molecule has 2 aromatic rings. The maximum absolute atomic E-state index is 14.1. The normalized spacial score (nSPS) is 14.8. The summed E-state index contributed by atoms with van der Waals surface area (Å²) in [6.45, 7) is 2.78. The minimum atomic E-state index is -0.184. The monoisotopic (exact) mass is 271 g/mol. The molecule has 3 heteroatoms. The van der Waals surface area contributed by atoms with Gasteiger partial charge in [0, 0.05) is 18.0 Å². The predicted octanol–water partition coefficient (Wildman–Crippen LogP) is 3.71. The van der Waals surface area contributed by atoms with E-state index < -0.39 is 0 Å². The van der Waals surface area contributed by atoms with E-state index >= 15 is 0 Å². The lowest BCUT2D eigenvalue weighted by atomic mass is 9.97. The molecule has 0 radical (unpaired) electrons. The number of hydrogen-bond donors (Lipinski definition) is 1. The molecule has 2 nitrogen and oxygen atoms in total. The summed E-state index contributed by atoms with van der Waals surface area (Å²) < 4.78 is 19.6. The van der Waals surface area contributed by atoms with Gasteiger partial charge in [-0.25, -0.2) is 4.39 Å². The number of hydrogen-bond acceptors (Lipinski definition) is 2. The molecule has 0 aromatic heterocycles. The summed E-state index contributed by atoms with van der Waals surface area (Å²) in [6, 6.07) is 11.4. The highest BCUT2D eigenvalue weighted by molar-refractivity contribution is 5.67. The van der Waals surface area contributed by atoms with Gasteiger partial charge < -0.3 is 10.1 Å². The molecule has 0 aliphatic carbocycles. The van der Waals surface area contributed by atoms with Crippen molar-refractivity contribution in [1.29, 1.82) is 0 Å². The minimum absolute atomic E-state index is 0.184. The molecule has 2 aromatic carbocycles. The van der Waals surface area contributed by atoms with Crippen molar-refractivity contribution in [3.05, 3.63) is 53.3 Å². The Balaban J connectivity index is 2.04. The zero-order valence-corrected chi connectivity index (χ0v) is 11.7. The maximum atomic E-state index is 14.1. The van der Waals surface area contributed by atoms with Gasteiger partial charge >= 0.3 is 0 Å². The van der Waals surface area contributed by atoms with E-state index in [1.54, 1.807) is 6.07 Å². The molecule has 1 heterocycles. The first-order valence-corrected chi connectivity index (χ1v) is 6.92. The molecule has 1 aliphatic heterocycles. The van der Waals surface area contributed by atoms with E-state index in [9.17, 15) is 4.39 Å². The van der Waals surface area contributed by atoms with E-state index in [1.807, 2.05) is 37.4 Å². The molecule has 1 atom stereocenters. The van der Waals surface area contributed by atoms with E-state index in [1.165, 1.54) is 0 Å². The molecule has 0 saturated carbocycles. The first kappa shape index (κ1) is 13.1. The molecular formula is C17H18FNO.